The summed E-state index contributed by atoms with van der Waals surface area (Å²) in [6.07, 6.45) is 17.2. The van der Waals surface area contributed by atoms with Gasteiger partial charge in [0.15, 0.2) is 5.65 Å². The third-order valence-corrected chi connectivity index (χ3v) is 11.4. The Bertz CT molecular complexity index is 2470. The molecule has 2 saturated heterocycles. The molecule has 0 spiro atoms. The molecule has 6 heterocycles. The average Bonchev–Trinajstić information content (AvgIpc) is 3.82. The van der Waals surface area contributed by atoms with Crippen molar-refractivity contribution in [2.75, 3.05) is 36.4 Å². The highest BCUT2D eigenvalue weighted by Gasteiger charge is 2.29. The maximum absolute atomic E-state index is 13.1. The zero-order valence-electron chi connectivity index (χ0n) is 29.7. The minimum absolute atomic E-state index is 0.242. The maximum atomic E-state index is 13.1. The quantitative estimate of drug-likeness (QED) is 0.207. The molecule has 3 fully saturated rings. The molecule has 2 N–H and O–H groups in total. The molecule has 54 heavy (non-hydrogen) atoms. The number of nitrogens with zero attached hydrogens (tertiary/aromatic N) is 9. The van der Waals surface area contributed by atoms with Crippen LogP contribution in [0.25, 0.3) is 27.3 Å². The van der Waals surface area contributed by atoms with Crippen molar-refractivity contribution >= 4 is 56.5 Å². The Balaban J connectivity index is 0.772. The Morgan fingerprint density at radius 3 is 2.59 bits per heavy atom. The lowest BCUT2D eigenvalue weighted by Gasteiger charge is -2.37. The molecule has 4 amide bonds. The van der Waals surface area contributed by atoms with Gasteiger partial charge in [-0.2, -0.15) is 15.5 Å². The molecule has 0 atom stereocenters. The number of imide groups is 1. The van der Waals surface area contributed by atoms with E-state index in [0.29, 0.717) is 46.9 Å². The lowest BCUT2D eigenvalue weighted by Crippen LogP contribution is -2.49. The summed E-state index contributed by atoms with van der Waals surface area (Å²) in [6.45, 7) is 3.66. The molecule has 2 aromatic carbocycles. The maximum Gasteiger partial charge on any atom is 0.328 e. The number of amides is 4. The van der Waals surface area contributed by atoms with Gasteiger partial charge in [-0.25, -0.2) is 14.3 Å². The van der Waals surface area contributed by atoms with Crippen molar-refractivity contribution < 1.29 is 14.4 Å². The summed E-state index contributed by atoms with van der Waals surface area (Å²) in [6, 6.07) is 14.3. The highest BCUT2D eigenvalue weighted by atomic mass is 16.2. The van der Waals surface area contributed by atoms with Gasteiger partial charge in [0, 0.05) is 59.9 Å². The van der Waals surface area contributed by atoms with Gasteiger partial charge in [-0.3, -0.25) is 29.5 Å². The minimum Gasteiger partial charge on any atom is -0.322 e. The number of nitrogens with one attached hydrogen (secondary N) is 2. The Morgan fingerprint density at radius 1 is 0.926 bits per heavy atom. The molecule has 14 heteroatoms. The van der Waals surface area contributed by atoms with Crippen LogP contribution in [-0.4, -0.2) is 78.3 Å². The van der Waals surface area contributed by atoms with Gasteiger partial charge in [-0.1, -0.05) is 12.1 Å². The lowest BCUT2D eigenvalue weighted by molar-refractivity contribution is -0.120. The van der Waals surface area contributed by atoms with Crippen molar-refractivity contribution in [3.05, 3.63) is 90.3 Å². The molecule has 0 unspecified atom stereocenters. The van der Waals surface area contributed by atoms with E-state index in [0.717, 1.165) is 72.7 Å². The first-order valence-electron chi connectivity index (χ1n) is 18.6. The number of rotatable bonds is 7. The topological polar surface area (TPSA) is 166 Å². The summed E-state index contributed by atoms with van der Waals surface area (Å²) < 4.78 is 3.55. The number of nitriles is 1. The summed E-state index contributed by atoms with van der Waals surface area (Å²) in [4.78, 5) is 50.2. The minimum atomic E-state index is -0.392. The van der Waals surface area contributed by atoms with E-state index in [1.54, 1.807) is 17.3 Å². The van der Waals surface area contributed by atoms with E-state index >= 15 is 0 Å². The van der Waals surface area contributed by atoms with E-state index in [9.17, 15) is 14.4 Å². The van der Waals surface area contributed by atoms with Crippen molar-refractivity contribution in [3.8, 4) is 6.07 Å². The van der Waals surface area contributed by atoms with Gasteiger partial charge in [-0.15, -0.1) is 0 Å². The van der Waals surface area contributed by atoms with Gasteiger partial charge >= 0.3 is 6.03 Å². The van der Waals surface area contributed by atoms with Gasteiger partial charge in [0.25, 0.3) is 5.91 Å². The van der Waals surface area contributed by atoms with Crippen molar-refractivity contribution in [1.29, 1.82) is 5.26 Å². The first-order valence-corrected chi connectivity index (χ1v) is 18.6. The molecule has 9 rings (SSSR count). The number of anilines is 2. The number of carbonyl (C=O) groups excluding carboxylic acids is 3. The van der Waals surface area contributed by atoms with E-state index in [1.165, 1.54) is 35.3 Å². The Labute approximate surface area is 310 Å². The lowest BCUT2D eigenvalue weighted by atomic mass is 9.84. The molecule has 0 bridgehead atoms. The number of fused-ring (bicyclic) bond motifs is 3. The van der Waals surface area contributed by atoms with E-state index in [4.69, 9.17) is 10.4 Å². The smallest absolute Gasteiger partial charge is 0.322 e. The van der Waals surface area contributed by atoms with E-state index in [2.05, 4.69) is 59.7 Å². The highest BCUT2D eigenvalue weighted by Crippen LogP contribution is 2.36. The summed E-state index contributed by atoms with van der Waals surface area (Å²) in [7, 11) is 0. The van der Waals surface area contributed by atoms with E-state index in [1.807, 2.05) is 30.5 Å². The summed E-state index contributed by atoms with van der Waals surface area (Å²) in [5.41, 5.74) is 4.72. The zero-order valence-corrected chi connectivity index (χ0v) is 29.7. The largest absolute Gasteiger partial charge is 0.328 e. The number of carbonyl (C=O) groups is 3. The molecule has 272 valence electrons. The molecule has 6 aromatic rings. The Kier molecular flexibility index (Phi) is 8.70. The third kappa shape index (κ3) is 6.51. The second kappa shape index (κ2) is 14.0. The molecule has 3 aliphatic rings. The van der Waals surface area contributed by atoms with Crippen molar-refractivity contribution in [3.63, 3.8) is 0 Å². The fourth-order valence-electron chi connectivity index (χ4n) is 8.45. The average molecular weight is 722 g/mol. The van der Waals surface area contributed by atoms with Crippen LogP contribution in [0, 0.1) is 17.2 Å². The normalized spacial score (nSPS) is 20.0. The summed E-state index contributed by atoms with van der Waals surface area (Å²) in [5.74, 6) is 0.611. The van der Waals surface area contributed by atoms with Gasteiger partial charge in [0.2, 0.25) is 5.91 Å². The van der Waals surface area contributed by atoms with Gasteiger partial charge in [0.1, 0.15) is 11.6 Å². The SMILES string of the molecule is N#Cc1cnc2c(C(=O)Nc3ccc4nn([C@H]5CC[C@H](CN6CCC(c7ccc8c(N9CCC(=O)NC9=O)cncc8c7)CC6)CC5)cc4c3)cnn2c1. The fraction of sp³-hybridized carbons (Fsp3) is 0.350. The third-order valence-electron chi connectivity index (χ3n) is 11.4. The van der Waals surface area contributed by atoms with Crippen molar-refractivity contribution in [1.82, 2.24) is 39.6 Å². The Hall–Kier alpha value is -6.20. The van der Waals surface area contributed by atoms with Crippen molar-refractivity contribution in [2.45, 2.75) is 56.9 Å². The van der Waals surface area contributed by atoms with Crippen molar-refractivity contribution in [2.24, 2.45) is 5.92 Å². The van der Waals surface area contributed by atoms with Crippen LogP contribution in [0.15, 0.2) is 73.6 Å². The van der Waals surface area contributed by atoms with Crippen LogP contribution in [0.2, 0.25) is 0 Å². The number of likely N-dealkylation sites (tertiary alicyclic amines) is 1. The molecular formula is C40H39N11O3. The van der Waals surface area contributed by atoms with Crippen LogP contribution in [0.5, 0.6) is 0 Å². The molecule has 14 nitrogen and oxygen atoms in total. The standard InChI is InChI=1S/C40H39N11O3/c41-17-26-18-43-38-34(20-44-51(38)23-26)39(53)45-31-4-8-35-30(16-31)24-50(47-35)32-5-1-25(2-6-32)22-48-12-9-27(10-13-48)28-3-7-33-29(15-28)19-42-21-36(33)49-14-11-37(52)46-40(49)54/h3-4,7-8,15-16,18-21,23-25,27,32H,1-2,5-6,9-14,22H2,(H,45,53)(H,46,52,54)/t25-,32-. The van der Waals surface area contributed by atoms with Crippen LogP contribution in [0.1, 0.15) is 78.4 Å². The first kappa shape index (κ1) is 33.6. The van der Waals surface area contributed by atoms with Crippen LogP contribution < -0.4 is 15.5 Å². The monoisotopic (exact) mass is 721 g/mol. The van der Waals surface area contributed by atoms with Gasteiger partial charge < -0.3 is 10.2 Å². The summed E-state index contributed by atoms with van der Waals surface area (Å²) in [5, 5.41) is 26.5. The molecule has 4 aromatic heterocycles. The predicted octanol–water partition coefficient (Wildman–Crippen LogP) is 5.81. The fourth-order valence-corrected chi connectivity index (χ4v) is 8.45. The first-order chi connectivity index (χ1) is 26.4. The highest BCUT2D eigenvalue weighted by molar-refractivity contribution is 6.10. The van der Waals surface area contributed by atoms with Crippen LogP contribution in [0.3, 0.4) is 0 Å². The number of hydrogen-bond acceptors (Lipinski definition) is 9. The second-order valence-electron chi connectivity index (χ2n) is 14.8. The number of pyridine rings is 1. The van der Waals surface area contributed by atoms with E-state index in [-0.39, 0.29) is 18.2 Å². The van der Waals surface area contributed by atoms with Gasteiger partial charge in [0.05, 0.1) is 41.4 Å². The number of urea groups is 1. The molecule has 1 aliphatic carbocycles. The van der Waals surface area contributed by atoms with E-state index < -0.39 is 6.03 Å². The van der Waals surface area contributed by atoms with Crippen LogP contribution in [0.4, 0.5) is 16.2 Å². The molecule has 2 aliphatic heterocycles. The molecular weight excluding hydrogens is 683 g/mol. The number of benzene rings is 2. The number of hydrogen-bond donors (Lipinski definition) is 2. The van der Waals surface area contributed by atoms with Crippen LogP contribution in [-0.2, 0) is 4.79 Å². The second-order valence-corrected chi connectivity index (χ2v) is 14.8. The number of aromatic nitrogens is 6. The van der Waals surface area contributed by atoms with Crippen LogP contribution >= 0.6 is 0 Å². The van der Waals surface area contributed by atoms with Gasteiger partial charge in [-0.05, 0) is 93.3 Å². The summed E-state index contributed by atoms with van der Waals surface area (Å²) >= 11 is 0. The molecule has 1 saturated carbocycles. The molecule has 0 radical (unpaired) electrons. The number of piperidine rings is 1. The zero-order chi connectivity index (χ0) is 36.8. The predicted molar refractivity (Wildman–Crippen MR) is 202 cm³/mol. The Morgan fingerprint density at radius 2 is 1.78 bits per heavy atom.